The Morgan fingerprint density at radius 2 is 2.11 bits per heavy atom. The van der Waals surface area contributed by atoms with E-state index < -0.39 is 0 Å². The summed E-state index contributed by atoms with van der Waals surface area (Å²) in [6.45, 7) is 8.42. The molecule has 1 aliphatic carbocycles. The van der Waals surface area contributed by atoms with Crippen molar-refractivity contribution < 1.29 is 4.74 Å². The second-order valence-electron chi connectivity index (χ2n) is 7.11. The molecule has 28 heavy (non-hydrogen) atoms. The normalized spacial score (nSPS) is 15.0. The lowest BCUT2D eigenvalue weighted by Crippen LogP contribution is -2.38. The number of nitrogens with one attached hydrogen (secondary N) is 2. The lowest BCUT2D eigenvalue weighted by Gasteiger charge is -2.15. The largest absolute Gasteiger partial charge is 0.474 e. The molecular formula is C21H31N5OS. The van der Waals surface area contributed by atoms with E-state index in [4.69, 9.17) is 9.73 Å². The van der Waals surface area contributed by atoms with Crippen LogP contribution in [0.4, 0.5) is 0 Å². The predicted molar refractivity (Wildman–Crippen MR) is 115 cm³/mol. The molecule has 0 aliphatic heterocycles. The van der Waals surface area contributed by atoms with Gasteiger partial charge in [-0.25, -0.2) is 15.0 Å². The zero-order valence-electron chi connectivity index (χ0n) is 17.1. The van der Waals surface area contributed by atoms with Gasteiger partial charge in [-0.05, 0) is 52.5 Å². The fourth-order valence-electron chi connectivity index (χ4n) is 3.25. The summed E-state index contributed by atoms with van der Waals surface area (Å²) >= 11 is 1.77. The number of rotatable bonds is 8. The van der Waals surface area contributed by atoms with Crippen LogP contribution in [0.2, 0.25) is 0 Å². The number of aromatic nitrogens is 2. The molecule has 0 amide bonds. The van der Waals surface area contributed by atoms with Gasteiger partial charge in [-0.15, -0.1) is 11.3 Å². The molecule has 1 saturated carbocycles. The average Bonchev–Trinajstić information content (AvgIpc) is 3.30. The zero-order valence-corrected chi connectivity index (χ0v) is 17.9. The quantitative estimate of drug-likeness (QED) is 0.520. The summed E-state index contributed by atoms with van der Waals surface area (Å²) in [5.74, 6) is 1.53. The van der Waals surface area contributed by atoms with Crippen LogP contribution in [0.15, 0.2) is 23.3 Å². The van der Waals surface area contributed by atoms with Crippen molar-refractivity contribution in [3.05, 3.63) is 39.5 Å². The third-order valence-corrected chi connectivity index (χ3v) is 6.02. The van der Waals surface area contributed by atoms with Crippen molar-refractivity contribution in [2.45, 2.75) is 65.5 Å². The molecule has 0 atom stereocenters. The number of hydrogen-bond acceptors (Lipinski definition) is 5. The fraction of sp³-hybridized carbons (Fsp3) is 0.571. The number of nitrogens with zero attached hydrogens (tertiary/aromatic N) is 3. The SMILES string of the molecule is CCNC(=NCc1cccnc1OC1CCCC1)NCCc1nc(C)c(C)s1. The first-order valence-electron chi connectivity index (χ1n) is 10.2. The summed E-state index contributed by atoms with van der Waals surface area (Å²) in [5, 5.41) is 7.88. The lowest BCUT2D eigenvalue weighted by molar-refractivity contribution is 0.199. The smallest absolute Gasteiger partial charge is 0.218 e. The van der Waals surface area contributed by atoms with E-state index in [0.29, 0.717) is 12.6 Å². The van der Waals surface area contributed by atoms with Gasteiger partial charge < -0.3 is 15.4 Å². The highest BCUT2D eigenvalue weighted by Crippen LogP contribution is 2.25. The van der Waals surface area contributed by atoms with E-state index in [-0.39, 0.29) is 0 Å². The Morgan fingerprint density at radius 1 is 1.29 bits per heavy atom. The van der Waals surface area contributed by atoms with Gasteiger partial charge in [-0.3, -0.25) is 0 Å². The minimum absolute atomic E-state index is 0.300. The van der Waals surface area contributed by atoms with Crippen LogP contribution in [-0.4, -0.2) is 35.1 Å². The molecule has 2 N–H and O–H groups in total. The van der Waals surface area contributed by atoms with Crippen molar-refractivity contribution in [3.8, 4) is 5.88 Å². The summed E-state index contributed by atoms with van der Waals surface area (Å²) in [5.41, 5.74) is 2.16. The Hall–Kier alpha value is -2.15. The highest BCUT2D eigenvalue weighted by atomic mass is 32.1. The van der Waals surface area contributed by atoms with Gasteiger partial charge in [0, 0.05) is 36.1 Å². The molecular weight excluding hydrogens is 370 g/mol. The van der Waals surface area contributed by atoms with Crippen LogP contribution in [0.25, 0.3) is 0 Å². The van der Waals surface area contributed by atoms with Crippen molar-refractivity contribution >= 4 is 17.3 Å². The molecule has 0 radical (unpaired) electrons. The van der Waals surface area contributed by atoms with Gasteiger partial charge >= 0.3 is 0 Å². The van der Waals surface area contributed by atoms with Gasteiger partial charge in [0.2, 0.25) is 5.88 Å². The lowest BCUT2D eigenvalue weighted by atomic mass is 10.2. The summed E-state index contributed by atoms with van der Waals surface area (Å²) < 4.78 is 6.12. The van der Waals surface area contributed by atoms with Crippen LogP contribution in [0.1, 0.15) is 53.7 Å². The van der Waals surface area contributed by atoms with Gasteiger partial charge in [0.1, 0.15) is 6.10 Å². The van der Waals surface area contributed by atoms with Crippen LogP contribution in [0, 0.1) is 13.8 Å². The topological polar surface area (TPSA) is 71.4 Å². The van der Waals surface area contributed by atoms with E-state index in [1.807, 2.05) is 12.1 Å². The molecule has 0 aromatic carbocycles. The molecule has 1 fully saturated rings. The molecule has 3 rings (SSSR count). The number of pyridine rings is 1. The van der Waals surface area contributed by atoms with Gasteiger partial charge in [0.15, 0.2) is 5.96 Å². The molecule has 2 heterocycles. The summed E-state index contributed by atoms with van der Waals surface area (Å²) in [6, 6.07) is 3.99. The van der Waals surface area contributed by atoms with E-state index >= 15 is 0 Å². The number of guanidine groups is 1. The van der Waals surface area contributed by atoms with Gasteiger partial charge in [0.25, 0.3) is 0 Å². The van der Waals surface area contributed by atoms with Crippen molar-refractivity contribution in [1.82, 2.24) is 20.6 Å². The van der Waals surface area contributed by atoms with Crippen LogP contribution >= 0.6 is 11.3 Å². The first-order chi connectivity index (χ1) is 13.7. The Bertz CT molecular complexity index is 763. The molecule has 6 nitrogen and oxygen atoms in total. The van der Waals surface area contributed by atoms with Gasteiger partial charge in [0.05, 0.1) is 17.2 Å². The standard InChI is InChI=1S/C21H31N5OS/c1-4-22-21(24-13-11-19-26-15(2)16(3)28-19)25-14-17-8-7-12-23-20(17)27-18-9-5-6-10-18/h7-8,12,18H,4-6,9-11,13-14H2,1-3H3,(H2,22,24,25). The maximum atomic E-state index is 6.12. The summed E-state index contributed by atoms with van der Waals surface area (Å²) in [4.78, 5) is 15.1. The van der Waals surface area contributed by atoms with E-state index in [1.54, 1.807) is 17.5 Å². The minimum atomic E-state index is 0.300. The Morgan fingerprint density at radius 3 is 2.82 bits per heavy atom. The number of aliphatic imine (C=N–C) groups is 1. The van der Waals surface area contributed by atoms with Gasteiger partial charge in [-0.2, -0.15) is 0 Å². The predicted octanol–water partition coefficient (Wildman–Crippen LogP) is 3.77. The molecule has 2 aromatic rings. The number of hydrogen-bond donors (Lipinski definition) is 2. The van der Waals surface area contributed by atoms with E-state index in [2.05, 4.69) is 41.4 Å². The monoisotopic (exact) mass is 401 g/mol. The molecule has 0 unspecified atom stereocenters. The molecule has 2 aromatic heterocycles. The Kier molecular flexibility index (Phi) is 7.65. The highest BCUT2D eigenvalue weighted by Gasteiger charge is 2.18. The van der Waals surface area contributed by atoms with E-state index in [9.17, 15) is 0 Å². The Balaban J connectivity index is 1.57. The van der Waals surface area contributed by atoms with Crippen LogP contribution < -0.4 is 15.4 Å². The second kappa shape index (κ2) is 10.4. The number of ether oxygens (including phenoxy) is 1. The minimum Gasteiger partial charge on any atom is -0.474 e. The molecule has 0 spiro atoms. The first-order valence-corrected chi connectivity index (χ1v) is 11.0. The third kappa shape index (κ3) is 5.92. The summed E-state index contributed by atoms with van der Waals surface area (Å²) in [6.07, 6.45) is 7.73. The first kappa shape index (κ1) is 20.6. The molecule has 1 aliphatic rings. The maximum Gasteiger partial charge on any atom is 0.218 e. The van der Waals surface area contributed by atoms with Crippen LogP contribution in [0.5, 0.6) is 5.88 Å². The van der Waals surface area contributed by atoms with Crippen molar-refractivity contribution in [1.29, 1.82) is 0 Å². The van der Waals surface area contributed by atoms with Crippen molar-refractivity contribution in [2.24, 2.45) is 4.99 Å². The van der Waals surface area contributed by atoms with Crippen LogP contribution in [-0.2, 0) is 13.0 Å². The van der Waals surface area contributed by atoms with E-state index in [0.717, 1.165) is 60.5 Å². The van der Waals surface area contributed by atoms with Gasteiger partial charge in [-0.1, -0.05) is 6.07 Å². The zero-order chi connectivity index (χ0) is 19.8. The van der Waals surface area contributed by atoms with Crippen molar-refractivity contribution in [3.63, 3.8) is 0 Å². The number of aryl methyl sites for hydroxylation is 2. The van der Waals surface area contributed by atoms with Crippen LogP contribution in [0.3, 0.4) is 0 Å². The maximum absolute atomic E-state index is 6.12. The second-order valence-corrected chi connectivity index (χ2v) is 8.40. The highest BCUT2D eigenvalue weighted by molar-refractivity contribution is 7.11. The molecule has 152 valence electrons. The molecule has 0 saturated heterocycles. The Labute approximate surface area is 171 Å². The molecule has 0 bridgehead atoms. The average molecular weight is 402 g/mol. The molecule has 7 heteroatoms. The number of thiazole rings is 1. The summed E-state index contributed by atoms with van der Waals surface area (Å²) in [7, 11) is 0. The van der Waals surface area contributed by atoms with Crippen molar-refractivity contribution in [2.75, 3.05) is 13.1 Å². The fourth-order valence-corrected chi connectivity index (χ4v) is 4.19. The third-order valence-electron chi connectivity index (χ3n) is 4.89. The van der Waals surface area contributed by atoms with E-state index in [1.165, 1.54) is 17.7 Å².